The van der Waals surface area contributed by atoms with E-state index in [1.54, 1.807) is 0 Å². The van der Waals surface area contributed by atoms with Crippen LogP contribution in [0, 0.1) is 25.7 Å². The molecule has 2 fully saturated rings. The second kappa shape index (κ2) is 14.7. The average Bonchev–Trinajstić information content (AvgIpc) is 4.03. The van der Waals surface area contributed by atoms with Crippen LogP contribution in [0.4, 0.5) is 11.6 Å². The minimum atomic E-state index is 0.105. The van der Waals surface area contributed by atoms with Gasteiger partial charge in [0.2, 0.25) is 5.88 Å². The van der Waals surface area contributed by atoms with E-state index >= 15 is 0 Å². The van der Waals surface area contributed by atoms with E-state index in [-0.39, 0.29) is 6.04 Å². The first-order valence-corrected chi connectivity index (χ1v) is 18.4. The minimum absolute atomic E-state index is 0.105. The predicted octanol–water partition coefficient (Wildman–Crippen LogP) is 9.76. The third-order valence-corrected chi connectivity index (χ3v) is 10.7. The molecule has 2 unspecified atom stereocenters. The second-order valence-electron chi connectivity index (χ2n) is 14.6. The van der Waals surface area contributed by atoms with Crippen LogP contribution in [0.5, 0.6) is 0 Å². The molecule has 4 aliphatic carbocycles. The van der Waals surface area contributed by atoms with Gasteiger partial charge < -0.3 is 13.9 Å². The van der Waals surface area contributed by atoms with Crippen molar-refractivity contribution in [3.05, 3.63) is 107 Å². The molecule has 252 valence electrons. The molecule has 0 aliphatic heterocycles. The predicted molar refractivity (Wildman–Crippen MR) is 195 cm³/mol. The van der Waals surface area contributed by atoms with Crippen LogP contribution in [-0.4, -0.2) is 40.4 Å². The lowest BCUT2D eigenvalue weighted by molar-refractivity contribution is 0.165. The summed E-state index contributed by atoms with van der Waals surface area (Å²) < 4.78 is 11.2. The van der Waals surface area contributed by atoms with Crippen LogP contribution in [0.1, 0.15) is 85.0 Å². The van der Waals surface area contributed by atoms with Gasteiger partial charge in [0.15, 0.2) is 5.76 Å². The number of anilines is 2. The molecule has 0 N–H and O–H groups in total. The maximum atomic E-state index is 5.60. The summed E-state index contributed by atoms with van der Waals surface area (Å²) in [5.41, 5.74) is 10.2. The number of aryl methyl sites for hydroxylation is 4. The van der Waals surface area contributed by atoms with E-state index in [1.807, 2.05) is 32.1 Å². The highest BCUT2D eigenvalue weighted by Gasteiger charge is 2.34. The van der Waals surface area contributed by atoms with Gasteiger partial charge in [-0.1, -0.05) is 52.8 Å². The average molecular weight is 645 g/mol. The molecule has 6 heteroatoms. The first kappa shape index (κ1) is 32.6. The van der Waals surface area contributed by atoms with Crippen LogP contribution in [-0.2, 0) is 25.7 Å². The van der Waals surface area contributed by atoms with E-state index in [0.29, 0.717) is 6.04 Å². The summed E-state index contributed by atoms with van der Waals surface area (Å²) in [5, 5.41) is 8.18. The first-order valence-electron chi connectivity index (χ1n) is 18.4. The highest BCUT2D eigenvalue weighted by molar-refractivity contribution is 5.67. The summed E-state index contributed by atoms with van der Waals surface area (Å²) in [7, 11) is 0. The monoisotopic (exact) mass is 644 g/mol. The molecular weight excluding hydrogens is 592 g/mol. The molecule has 2 aromatic heterocycles. The van der Waals surface area contributed by atoms with Crippen LogP contribution in [0.15, 0.2) is 82.9 Å². The molecule has 2 atom stereocenters. The fourth-order valence-corrected chi connectivity index (χ4v) is 7.83. The zero-order chi connectivity index (χ0) is 33.0. The van der Waals surface area contributed by atoms with Crippen molar-refractivity contribution in [1.82, 2.24) is 15.2 Å². The molecule has 0 saturated heterocycles. The summed E-state index contributed by atoms with van der Waals surface area (Å²) in [6.07, 6.45) is 19.0. The minimum Gasteiger partial charge on any atom is -0.356 e. The summed E-state index contributed by atoms with van der Waals surface area (Å²) in [6.45, 7) is 14.5. The number of rotatable bonds is 12. The Labute approximate surface area is 286 Å². The third kappa shape index (κ3) is 7.54. The number of aromatic nitrogens is 2. The second-order valence-corrected chi connectivity index (χ2v) is 14.6. The number of nitrogens with zero attached hydrogens (tertiary/aromatic N) is 4. The third-order valence-electron chi connectivity index (χ3n) is 10.7. The van der Waals surface area contributed by atoms with Crippen LogP contribution >= 0.6 is 0 Å². The van der Waals surface area contributed by atoms with E-state index < -0.39 is 0 Å². The van der Waals surface area contributed by atoms with Gasteiger partial charge in [-0.25, -0.2) is 0 Å². The van der Waals surface area contributed by atoms with Crippen molar-refractivity contribution < 1.29 is 9.05 Å². The molecular formula is C42H52N4O2. The lowest BCUT2D eigenvalue weighted by Crippen LogP contribution is -2.42. The molecule has 4 aromatic rings. The molecule has 0 radical (unpaired) electrons. The van der Waals surface area contributed by atoms with Crippen molar-refractivity contribution in [2.45, 2.75) is 103 Å². The maximum absolute atomic E-state index is 5.60. The van der Waals surface area contributed by atoms with Crippen molar-refractivity contribution in [2.24, 2.45) is 11.8 Å². The normalized spacial score (nSPS) is 19.1. The Kier molecular flexibility index (Phi) is 9.99. The topological polar surface area (TPSA) is 58.5 Å². The Morgan fingerprint density at radius 2 is 1.50 bits per heavy atom. The molecule has 4 aliphatic rings. The lowest BCUT2D eigenvalue weighted by atomic mass is 9.84. The van der Waals surface area contributed by atoms with Gasteiger partial charge in [0, 0.05) is 42.5 Å². The summed E-state index contributed by atoms with van der Waals surface area (Å²) >= 11 is 0. The largest absolute Gasteiger partial charge is 0.356 e. The molecule has 0 bridgehead atoms. The van der Waals surface area contributed by atoms with Gasteiger partial charge in [-0.3, -0.25) is 4.90 Å². The molecule has 0 amide bonds. The highest BCUT2D eigenvalue weighted by Crippen LogP contribution is 2.39. The molecule has 8 rings (SSSR count). The van der Waals surface area contributed by atoms with Crippen molar-refractivity contribution >= 4 is 11.6 Å². The van der Waals surface area contributed by atoms with Crippen LogP contribution in [0.25, 0.3) is 11.3 Å². The van der Waals surface area contributed by atoms with Gasteiger partial charge >= 0.3 is 0 Å². The van der Waals surface area contributed by atoms with E-state index in [2.05, 4.69) is 75.7 Å². The Hall–Kier alpha value is -3.90. The van der Waals surface area contributed by atoms with Crippen LogP contribution < -0.4 is 4.90 Å². The quantitative estimate of drug-likeness (QED) is 0.143. The number of fused-ring (bicyclic) bond motifs is 2. The molecule has 6 nitrogen and oxygen atoms in total. The van der Waals surface area contributed by atoms with Crippen molar-refractivity contribution in [2.75, 3.05) is 18.0 Å². The molecule has 2 saturated carbocycles. The smallest absolute Gasteiger partial charge is 0.232 e. The molecule has 2 aromatic carbocycles. The van der Waals surface area contributed by atoms with Crippen LogP contribution in [0.2, 0.25) is 0 Å². The standard InChI is InChI=1S/C22H28N2O.C20H24N2O/c1-15-11-22(25-23-15)20-4-2-3-18-9-10-19(12-21(18)20)24(13-16-5-6-16)14-17-7-8-17;1-4-9-17(5-2)22(20-14-15(3)21-23-20)19-13-8-11-16-10-6-7-12-18(16)19/h2-4,11,16-17,19H,5-10,12-14H2,1H3;4-5,8,11,13-14,17H,1-2,6-7,9-10,12H2,3H3. The van der Waals surface area contributed by atoms with Gasteiger partial charge in [-0.05, 0) is 131 Å². The fourth-order valence-electron chi connectivity index (χ4n) is 7.83. The van der Waals surface area contributed by atoms with Gasteiger partial charge in [0.1, 0.15) is 0 Å². The summed E-state index contributed by atoms with van der Waals surface area (Å²) in [4.78, 5) is 5.07. The Morgan fingerprint density at radius 1 is 0.812 bits per heavy atom. The number of benzene rings is 2. The van der Waals surface area contributed by atoms with Gasteiger partial charge in [-0.2, -0.15) is 0 Å². The van der Waals surface area contributed by atoms with E-state index in [0.717, 1.165) is 54.1 Å². The van der Waals surface area contributed by atoms with E-state index in [4.69, 9.17) is 9.05 Å². The SMILES string of the molecule is C=CCC(C=C)N(c1cc(C)no1)c1cccc2c1CCCC2.Cc1cc(-c2cccc3c2CC(N(CC2CC2)CC2CC2)CC3)on1. The Balaban J connectivity index is 0.000000153. The van der Waals surface area contributed by atoms with Crippen LogP contribution in [0.3, 0.4) is 0 Å². The molecule has 2 heterocycles. The fraction of sp³-hybridized carbons (Fsp3) is 0.476. The summed E-state index contributed by atoms with van der Waals surface area (Å²) in [6, 6.07) is 18.2. The van der Waals surface area contributed by atoms with Crippen molar-refractivity contribution in [3.8, 4) is 11.3 Å². The first-order chi connectivity index (χ1) is 23.5. The van der Waals surface area contributed by atoms with Gasteiger partial charge in [0.05, 0.1) is 17.4 Å². The highest BCUT2D eigenvalue weighted by atomic mass is 16.5. The van der Waals surface area contributed by atoms with Gasteiger partial charge in [-0.15, -0.1) is 13.2 Å². The Bertz CT molecular complexity index is 1700. The zero-order valence-electron chi connectivity index (χ0n) is 29.0. The lowest BCUT2D eigenvalue weighted by Gasteiger charge is -2.36. The summed E-state index contributed by atoms with van der Waals surface area (Å²) in [5.74, 6) is 3.67. The van der Waals surface area contributed by atoms with E-state index in [9.17, 15) is 0 Å². The van der Waals surface area contributed by atoms with Gasteiger partial charge in [0.25, 0.3) is 0 Å². The molecule has 48 heavy (non-hydrogen) atoms. The molecule has 0 spiro atoms. The number of hydrogen-bond acceptors (Lipinski definition) is 6. The van der Waals surface area contributed by atoms with Crippen molar-refractivity contribution in [1.29, 1.82) is 0 Å². The van der Waals surface area contributed by atoms with Crippen molar-refractivity contribution in [3.63, 3.8) is 0 Å². The van der Waals surface area contributed by atoms with E-state index in [1.165, 1.54) is 104 Å². The Morgan fingerprint density at radius 3 is 2.15 bits per heavy atom. The number of hydrogen-bond donors (Lipinski definition) is 0. The zero-order valence-corrected chi connectivity index (χ0v) is 29.0. The maximum Gasteiger partial charge on any atom is 0.232 e.